The van der Waals surface area contributed by atoms with Crippen molar-refractivity contribution < 1.29 is 33.3 Å². The van der Waals surface area contributed by atoms with Gasteiger partial charge in [-0.1, -0.05) is 12.1 Å². The van der Waals surface area contributed by atoms with Crippen molar-refractivity contribution in [1.29, 1.82) is 0 Å². The number of rotatable bonds is 7. The molecular weight excluding hydrogens is 414 g/mol. The van der Waals surface area contributed by atoms with Crippen molar-refractivity contribution in [3.05, 3.63) is 48.0 Å². The molecule has 8 heteroatoms. The van der Waals surface area contributed by atoms with Crippen molar-refractivity contribution in [3.63, 3.8) is 0 Å². The topological polar surface area (TPSA) is 92.3 Å². The van der Waals surface area contributed by atoms with Gasteiger partial charge in [-0.3, -0.25) is 4.79 Å². The maximum absolute atomic E-state index is 12.2. The molecule has 0 atom stereocenters. The predicted octanol–water partition coefficient (Wildman–Crippen LogP) is 3.94. The van der Waals surface area contributed by atoms with Crippen LogP contribution in [0.25, 0.3) is 6.08 Å². The number of para-hydroxylation sites is 1. The van der Waals surface area contributed by atoms with Gasteiger partial charge < -0.3 is 29.0 Å². The first-order valence-corrected chi connectivity index (χ1v) is 10.4. The molecule has 2 aromatic carbocycles. The zero-order valence-corrected chi connectivity index (χ0v) is 18.0. The normalized spacial score (nSPS) is 15.7. The Morgan fingerprint density at radius 3 is 2.59 bits per heavy atom. The fraction of sp³-hybridized carbons (Fsp3) is 0.333. The van der Waals surface area contributed by atoms with E-state index < -0.39 is 24.3 Å². The van der Waals surface area contributed by atoms with Crippen LogP contribution in [-0.2, 0) is 14.3 Å². The van der Waals surface area contributed by atoms with Gasteiger partial charge in [0.1, 0.15) is 0 Å². The molecule has 4 rings (SSSR count). The van der Waals surface area contributed by atoms with Crippen LogP contribution in [0.2, 0.25) is 0 Å². The molecule has 1 heterocycles. The molecule has 1 aliphatic carbocycles. The first kappa shape index (κ1) is 21.5. The van der Waals surface area contributed by atoms with E-state index in [0.29, 0.717) is 34.2 Å². The number of amides is 1. The number of hydrogen-bond acceptors (Lipinski definition) is 7. The minimum atomic E-state index is -0.654. The van der Waals surface area contributed by atoms with Gasteiger partial charge in [0.25, 0.3) is 11.7 Å². The lowest BCUT2D eigenvalue weighted by Crippen LogP contribution is -2.34. The average molecular weight is 439 g/mol. The number of esters is 1. The zero-order chi connectivity index (χ0) is 22.6. The molecule has 168 valence electrons. The molecule has 8 nitrogen and oxygen atoms in total. The van der Waals surface area contributed by atoms with Crippen molar-refractivity contribution in [1.82, 2.24) is 0 Å². The van der Waals surface area contributed by atoms with E-state index in [2.05, 4.69) is 5.32 Å². The van der Waals surface area contributed by atoms with Crippen LogP contribution in [0.1, 0.15) is 31.2 Å². The minimum Gasteiger partial charge on any atom is -0.493 e. The van der Waals surface area contributed by atoms with Crippen LogP contribution in [-0.4, -0.2) is 38.5 Å². The van der Waals surface area contributed by atoms with Gasteiger partial charge in [-0.25, -0.2) is 4.79 Å². The molecule has 1 N–H and O–H groups in total. The second kappa shape index (κ2) is 9.21. The molecule has 32 heavy (non-hydrogen) atoms. The first-order chi connectivity index (χ1) is 15.5. The van der Waals surface area contributed by atoms with Crippen LogP contribution < -0.4 is 24.3 Å². The number of methoxy groups -OCH3 is 2. The van der Waals surface area contributed by atoms with Crippen molar-refractivity contribution in [2.75, 3.05) is 26.1 Å². The molecule has 0 saturated heterocycles. The fourth-order valence-corrected chi connectivity index (χ4v) is 3.87. The summed E-state index contributed by atoms with van der Waals surface area (Å²) in [6, 6.07) is 10.5. The molecule has 2 aliphatic rings. The van der Waals surface area contributed by atoms with E-state index in [0.717, 1.165) is 25.7 Å². The SMILES string of the molecule is COc1cccc(/C=C/C(=O)OCC(=O)Nc2ccc3c(c2)OC2(CCCC2)O3)c1OC. The molecular formula is C24H25NO7. The number of benzene rings is 2. The van der Waals surface area contributed by atoms with E-state index in [1.807, 2.05) is 0 Å². The lowest BCUT2D eigenvalue weighted by Gasteiger charge is -2.21. The zero-order valence-electron chi connectivity index (χ0n) is 18.0. The van der Waals surface area contributed by atoms with Crippen LogP contribution in [0.5, 0.6) is 23.0 Å². The van der Waals surface area contributed by atoms with Crippen LogP contribution in [0.3, 0.4) is 0 Å². The first-order valence-electron chi connectivity index (χ1n) is 10.4. The van der Waals surface area contributed by atoms with Crippen molar-refractivity contribution in [3.8, 4) is 23.0 Å². The number of anilines is 1. The van der Waals surface area contributed by atoms with Gasteiger partial charge in [-0.2, -0.15) is 0 Å². The lowest BCUT2D eigenvalue weighted by atomic mass is 10.1. The van der Waals surface area contributed by atoms with Crippen LogP contribution in [0.15, 0.2) is 42.5 Å². The highest BCUT2D eigenvalue weighted by molar-refractivity contribution is 5.95. The van der Waals surface area contributed by atoms with Gasteiger partial charge in [0.15, 0.2) is 29.6 Å². The predicted molar refractivity (Wildman–Crippen MR) is 117 cm³/mol. The maximum Gasteiger partial charge on any atom is 0.331 e. The number of nitrogens with one attached hydrogen (secondary N) is 1. The molecule has 1 saturated carbocycles. The van der Waals surface area contributed by atoms with Crippen LogP contribution in [0, 0.1) is 0 Å². The third-order valence-corrected chi connectivity index (χ3v) is 5.36. The number of carbonyl (C=O) groups is 2. The van der Waals surface area contributed by atoms with Crippen LogP contribution >= 0.6 is 0 Å². The average Bonchev–Trinajstić information content (AvgIpc) is 3.41. The third-order valence-electron chi connectivity index (χ3n) is 5.36. The quantitative estimate of drug-likeness (QED) is 0.516. The minimum absolute atomic E-state index is 0.420. The van der Waals surface area contributed by atoms with Gasteiger partial charge in [0, 0.05) is 36.2 Å². The number of ether oxygens (including phenoxy) is 5. The van der Waals surface area contributed by atoms with Crippen molar-refractivity contribution >= 4 is 23.6 Å². The highest BCUT2D eigenvalue weighted by atomic mass is 16.7. The summed E-state index contributed by atoms with van der Waals surface area (Å²) < 4.78 is 27.5. The van der Waals surface area contributed by atoms with E-state index >= 15 is 0 Å². The molecule has 0 radical (unpaired) electrons. The maximum atomic E-state index is 12.2. The Labute approximate surface area is 186 Å². The van der Waals surface area contributed by atoms with Crippen molar-refractivity contribution in [2.24, 2.45) is 0 Å². The largest absolute Gasteiger partial charge is 0.493 e. The Balaban J connectivity index is 1.30. The Hall–Kier alpha value is -3.68. The third kappa shape index (κ3) is 4.64. The highest BCUT2D eigenvalue weighted by Gasteiger charge is 2.44. The smallest absolute Gasteiger partial charge is 0.331 e. The molecule has 1 spiro atoms. The number of fused-ring (bicyclic) bond motifs is 1. The monoisotopic (exact) mass is 439 g/mol. The Morgan fingerprint density at radius 1 is 1.06 bits per heavy atom. The molecule has 2 aromatic rings. The molecule has 0 bridgehead atoms. The summed E-state index contributed by atoms with van der Waals surface area (Å²) in [5.74, 6) is 0.660. The van der Waals surface area contributed by atoms with E-state index in [9.17, 15) is 9.59 Å². The van der Waals surface area contributed by atoms with E-state index in [-0.39, 0.29) is 0 Å². The second-order valence-electron chi connectivity index (χ2n) is 7.56. The van der Waals surface area contributed by atoms with Gasteiger partial charge in [-0.15, -0.1) is 0 Å². The highest BCUT2D eigenvalue weighted by Crippen LogP contribution is 2.47. The Bertz CT molecular complexity index is 1040. The van der Waals surface area contributed by atoms with Crippen molar-refractivity contribution in [2.45, 2.75) is 31.5 Å². The Kier molecular flexibility index (Phi) is 6.20. The summed E-state index contributed by atoms with van der Waals surface area (Å²) in [5, 5.41) is 2.70. The number of hydrogen-bond donors (Lipinski definition) is 1. The van der Waals surface area contributed by atoms with E-state index in [4.69, 9.17) is 23.7 Å². The Morgan fingerprint density at radius 2 is 1.84 bits per heavy atom. The van der Waals surface area contributed by atoms with Gasteiger partial charge in [0.2, 0.25) is 0 Å². The van der Waals surface area contributed by atoms with Crippen LogP contribution in [0.4, 0.5) is 5.69 Å². The van der Waals surface area contributed by atoms with Gasteiger partial charge >= 0.3 is 5.97 Å². The summed E-state index contributed by atoms with van der Waals surface area (Å²) in [4.78, 5) is 24.2. The van der Waals surface area contributed by atoms with Gasteiger partial charge in [-0.05, 0) is 37.1 Å². The lowest BCUT2D eigenvalue weighted by molar-refractivity contribution is -0.142. The molecule has 0 aromatic heterocycles. The number of carbonyl (C=O) groups excluding carboxylic acids is 2. The summed E-state index contributed by atoms with van der Waals surface area (Å²) in [5.41, 5.74) is 1.19. The van der Waals surface area contributed by atoms with E-state index in [1.54, 1.807) is 36.4 Å². The van der Waals surface area contributed by atoms with E-state index in [1.165, 1.54) is 26.4 Å². The molecule has 1 aliphatic heterocycles. The summed E-state index contributed by atoms with van der Waals surface area (Å²) in [7, 11) is 3.05. The molecule has 1 amide bonds. The molecule has 1 fully saturated rings. The summed E-state index contributed by atoms with van der Waals surface area (Å²) in [6.45, 7) is -0.420. The standard InChI is InChI=1S/C24H25NO7/c1-28-19-7-5-6-16(23(19)29-2)8-11-22(27)30-15-21(26)25-17-9-10-18-20(14-17)32-24(31-18)12-3-4-13-24/h5-11,14H,3-4,12-13,15H2,1-2H3,(H,25,26)/b11-8+. The fourth-order valence-electron chi connectivity index (χ4n) is 3.87. The molecule has 0 unspecified atom stereocenters. The van der Waals surface area contributed by atoms with Gasteiger partial charge in [0.05, 0.1) is 14.2 Å². The second-order valence-corrected chi connectivity index (χ2v) is 7.56. The summed E-state index contributed by atoms with van der Waals surface area (Å²) >= 11 is 0. The summed E-state index contributed by atoms with van der Waals surface area (Å²) in [6.07, 6.45) is 6.62.